The van der Waals surface area contributed by atoms with Crippen molar-refractivity contribution < 1.29 is 172 Å². The van der Waals surface area contributed by atoms with Gasteiger partial charge in [-0.05, 0) is 27.8 Å². The van der Waals surface area contributed by atoms with Gasteiger partial charge in [-0.1, -0.05) is 152 Å². The molecule has 0 saturated carbocycles. The van der Waals surface area contributed by atoms with E-state index in [9.17, 15) is 86.8 Å². The molecule has 5 aromatic carbocycles. The summed E-state index contributed by atoms with van der Waals surface area (Å²) >= 11 is 0. The first-order valence-corrected chi connectivity index (χ1v) is 38.3. The second kappa shape index (κ2) is 40.1. The Bertz CT molecular complexity index is 3720. The van der Waals surface area contributed by atoms with Crippen LogP contribution in [-0.4, -0.2) is 353 Å². The average molecular weight is 1630 g/mol. The number of amides is 1. The molecule has 5 aromatic rings. The fraction of sp³-hybridized carbons (Fsp3) is 0.608. The minimum Gasteiger partial charge on any atom is -0.394 e. The standard InChI is InChI=1S/C79H103NO35/c81-28-44-64-52(80-51(87)27-79(26-39-16-6-1-7-17-39)72(102-37-43-24-14-5-15-25-43)71(101-36-42-22-12-4-13-23-42)70(100-35-41-20-10-3-11-21-41)50(115-79)38-99-34-40-18-8-2-9-19-40)53(88)73(103-44)110-65-45(29-82)105-75(60(95)55(65)90)112-67-47(31-84)107-77(62(97)57(67)92)114-69-49(33-86)108-78(63(98)58(69)93)113-68-48(32-85)106-76(61(96)56(68)91)111-66-46(30-83)104-74(109-64)59(94)54(66)89/h1-25,44-50,52-78,81-86,88-98H,26-38H2,(H,80,87)/t44-,45-,46-,47-,48-,49-,50-,52-,53-,54-,55-,56-,57-,58-,59-,60-,61-,62-,63-,64-,65-,66-,67-,68-,69-,70-,71+,72-,73-,74-,75-,76-,77-,78-,79-/m1/s1. The predicted octanol–water partition coefficient (Wildman–Crippen LogP) is -5.19. The van der Waals surface area contributed by atoms with E-state index in [0.717, 1.165) is 16.7 Å². The zero-order valence-corrected chi connectivity index (χ0v) is 62.2. The highest BCUT2D eigenvalue weighted by Gasteiger charge is 2.62. The summed E-state index contributed by atoms with van der Waals surface area (Å²) in [5.41, 5.74) is 1.80. The van der Waals surface area contributed by atoms with E-state index in [2.05, 4.69) is 5.32 Å². The third-order valence-corrected chi connectivity index (χ3v) is 22.0. The second-order valence-corrected chi connectivity index (χ2v) is 29.7. The largest absolute Gasteiger partial charge is 0.394 e. The van der Waals surface area contributed by atoms with Gasteiger partial charge in [0.1, 0.15) is 170 Å². The fourth-order valence-corrected chi connectivity index (χ4v) is 16.0. The van der Waals surface area contributed by atoms with E-state index < -0.39 is 266 Å². The average Bonchev–Trinajstić information content (AvgIpc) is 0.745. The molecule has 23 saturated heterocycles. The predicted molar refractivity (Wildman–Crippen MR) is 385 cm³/mol. The van der Waals surface area contributed by atoms with Gasteiger partial charge in [0.15, 0.2) is 37.7 Å². The number of nitrogens with one attached hydrogen (secondary N) is 1. The van der Waals surface area contributed by atoms with Gasteiger partial charge in [-0.3, -0.25) is 4.79 Å². The van der Waals surface area contributed by atoms with Crippen LogP contribution in [-0.2, 0) is 118 Å². The van der Waals surface area contributed by atoms with E-state index >= 15 is 4.79 Å². The van der Waals surface area contributed by atoms with Gasteiger partial charge in [0.2, 0.25) is 5.91 Å². The molecular weight excluding hydrogens is 1520 g/mol. The van der Waals surface area contributed by atoms with Crippen LogP contribution in [0.25, 0.3) is 0 Å². The smallest absolute Gasteiger partial charge is 0.223 e. The molecule has 0 aromatic heterocycles. The molecule has 36 heteroatoms. The highest BCUT2D eigenvalue weighted by Crippen LogP contribution is 2.44. The Morgan fingerprint density at radius 2 is 0.591 bits per heavy atom. The van der Waals surface area contributed by atoms with Crippen LogP contribution in [0.1, 0.15) is 34.2 Å². The Balaban J connectivity index is 0.877. The van der Waals surface area contributed by atoms with E-state index in [1.165, 1.54) is 0 Å². The van der Waals surface area contributed by atoms with Crippen LogP contribution in [0.2, 0.25) is 0 Å². The fourth-order valence-electron chi connectivity index (χ4n) is 16.0. The Kier molecular flexibility index (Phi) is 30.3. The molecule has 28 rings (SSSR count). The van der Waals surface area contributed by atoms with Crippen molar-refractivity contribution in [3.8, 4) is 0 Å². The number of hydrogen-bond acceptors (Lipinski definition) is 35. The van der Waals surface area contributed by atoms with Crippen LogP contribution in [0.3, 0.4) is 0 Å². The lowest BCUT2D eigenvalue weighted by molar-refractivity contribution is -0.401. The minimum absolute atomic E-state index is 0.0206. The maximum absolute atomic E-state index is 16.3. The number of ether oxygens (including phenoxy) is 17. The van der Waals surface area contributed by atoms with Gasteiger partial charge in [0.05, 0.1) is 85.1 Å². The maximum Gasteiger partial charge on any atom is 0.223 e. The first kappa shape index (κ1) is 87.0. The van der Waals surface area contributed by atoms with Crippen molar-refractivity contribution in [2.24, 2.45) is 0 Å². The van der Waals surface area contributed by atoms with E-state index in [1.807, 2.05) is 133 Å². The van der Waals surface area contributed by atoms with Gasteiger partial charge in [0.25, 0.3) is 0 Å². The van der Waals surface area contributed by atoms with Crippen molar-refractivity contribution in [1.29, 1.82) is 0 Å². The summed E-state index contributed by atoms with van der Waals surface area (Å²) in [5, 5.41) is 200. The maximum atomic E-state index is 16.3. The molecule has 18 N–H and O–H groups in total. The third kappa shape index (κ3) is 19.8. The van der Waals surface area contributed by atoms with Crippen LogP contribution < -0.4 is 5.32 Å². The monoisotopic (exact) mass is 1630 g/mol. The molecule has 634 valence electrons. The molecule has 23 heterocycles. The summed E-state index contributed by atoms with van der Waals surface area (Å²) in [7, 11) is 0. The molecule has 1 amide bonds. The normalized spacial score (nSPS) is 41.3. The Morgan fingerprint density at radius 3 is 0.922 bits per heavy atom. The minimum atomic E-state index is -2.32. The van der Waals surface area contributed by atoms with Crippen molar-refractivity contribution >= 4 is 5.91 Å². The van der Waals surface area contributed by atoms with E-state index in [-0.39, 0.29) is 39.5 Å². The summed E-state index contributed by atoms with van der Waals surface area (Å²) < 4.78 is 108. The van der Waals surface area contributed by atoms with E-state index in [4.69, 9.17) is 80.5 Å². The van der Waals surface area contributed by atoms with Crippen LogP contribution in [0.4, 0.5) is 0 Å². The lowest BCUT2D eigenvalue weighted by Crippen LogP contribution is -2.71. The molecule has 23 aliphatic rings. The number of carbonyl (C=O) groups is 1. The summed E-state index contributed by atoms with van der Waals surface area (Å²) in [6.45, 7) is -6.62. The summed E-state index contributed by atoms with van der Waals surface area (Å²) in [5.74, 6) is -0.967. The summed E-state index contributed by atoms with van der Waals surface area (Å²) in [6, 6.07) is 44.2. The first-order chi connectivity index (χ1) is 55.7. The van der Waals surface area contributed by atoms with Crippen LogP contribution in [0, 0.1) is 0 Å². The molecule has 115 heavy (non-hydrogen) atoms. The Morgan fingerprint density at radius 1 is 0.313 bits per heavy atom. The third-order valence-electron chi connectivity index (χ3n) is 22.0. The molecule has 35 atom stereocenters. The molecule has 12 bridgehead atoms. The van der Waals surface area contributed by atoms with Crippen molar-refractivity contribution in [3.63, 3.8) is 0 Å². The quantitative estimate of drug-likeness (QED) is 0.0275. The van der Waals surface area contributed by atoms with Gasteiger partial charge in [-0.25, -0.2) is 0 Å². The number of benzene rings is 5. The molecule has 23 aliphatic heterocycles. The molecule has 0 unspecified atom stereocenters. The van der Waals surface area contributed by atoms with Crippen LogP contribution in [0.15, 0.2) is 152 Å². The summed E-state index contributed by atoms with van der Waals surface area (Å²) in [4.78, 5) is 16.3. The number of rotatable bonds is 24. The number of aliphatic hydroxyl groups excluding tert-OH is 17. The van der Waals surface area contributed by atoms with Crippen molar-refractivity contribution in [3.05, 3.63) is 179 Å². The molecule has 23 fully saturated rings. The van der Waals surface area contributed by atoms with Crippen LogP contribution >= 0.6 is 0 Å². The Labute approximate surface area is 660 Å². The number of hydrogen-bond donors (Lipinski definition) is 18. The molecule has 0 aliphatic carbocycles. The second-order valence-electron chi connectivity index (χ2n) is 29.7. The first-order valence-electron chi connectivity index (χ1n) is 38.3. The van der Waals surface area contributed by atoms with E-state index in [1.54, 1.807) is 18.2 Å². The van der Waals surface area contributed by atoms with Crippen molar-refractivity contribution in [2.75, 3.05) is 46.2 Å². The highest BCUT2D eigenvalue weighted by atomic mass is 16.8. The van der Waals surface area contributed by atoms with Crippen molar-refractivity contribution in [2.45, 2.75) is 253 Å². The van der Waals surface area contributed by atoms with Gasteiger partial charge in [-0.2, -0.15) is 0 Å². The zero-order valence-electron chi connectivity index (χ0n) is 62.2. The van der Waals surface area contributed by atoms with Crippen molar-refractivity contribution in [1.82, 2.24) is 5.32 Å². The van der Waals surface area contributed by atoms with Gasteiger partial charge >= 0.3 is 0 Å². The van der Waals surface area contributed by atoms with Gasteiger partial charge in [-0.15, -0.1) is 0 Å². The molecule has 0 radical (unpaired) electrons. The Hall–Kier alpha value is -5.79. The summed E-state index contributed by atoms with van der Waals surface area (Å²) in [6.07, 6.45) is -65.2. The molecule has 36 nitrogen and oxygen atoms in total. The zero-order chi connectivity index (χ0) is 81.2. The molecular formula is C79H103NO35. The van der Waals surface area contributed by atoms with Gasteiger partial charge < -0.3 is 173 Å². The van der Waals surface area contributed by atoms with Gasteiger partial charge in [0, 0.05) is 6.42 Å². The topological polar surface area (TPSA) is 530 Å². The lowest BCUT2D eigenvalue weighted by atomic mass is 9.77. The van der Waals surface area contributed by atoms with E-state index in [0.29, 0.717) is 11.1 Å². The van der Waals surface area contributed by atoms with Crippen LogP contribution in [0.5, 0.6) is 0 Å². The highest BCUT2D eigenvalue weighted by molar-refractivity contribution is 5.78. The SMILES string of the molecule is O=C(C[C@@]1(Cc2ccccc2)O[C@H](COCc2ccccc2)[C@@H](OCc2ccccc2)[C@H](OCc2ccccc2)[C@H]1OCc1ccccc1)N[C@@H]1[C@@H](O)[C@H]2O[C@H]3[C@H](O)[C@@H](O)[C@@H](O[C@H]4[C@H](O)[C@@H](O)[C@@H](O[C@H]5[C@H](O)[C@@H](O)[C@@H](O[C@H]6[C@H](O)[C@@H](O)[C@@H](O[C@H]7[C@H](O)[C@@H](O)[C@@H](O[C@@H]1[C@@H](CO)O2)O[C@@H]7CO)O[C@@H]6CO)O[C@@H]5CO)O[C@@H]4CO)O[C@@H]3CO. The lowest BCUT2D eigenvalue weighted by Gasteiger charge is -2.53. The number of carbonyl (C=O) groups excluding carboxylic acids is 1. The molecule has 0 spiro atoms. The number of aliphatic hydroxyl groups is 17.